The molecule has 0 aromatic heterocycles. The Morgan fingerprint density at radius 2 is 2.16 bits per heavy atom. The zero-order valence-corrected chi connectivity index (χ0v) is 10.7. The van der Waals surface area contributed by atoms with E-state index in [1.165, 1.54) is 6.07 Å². The summed E-state index contributed by atoms with van der Waals surface area (Å²) in [5.41, 5.74) is 0.416. The lowest BCUT2D eigenvalue weighted by Crippen LogP contribution is -2.27. The summed E-state index contributed by atoms with van der Waals surface area (Å²) in [5.74, 6) is -0.966. The number of ether oxygens (including phenoxy) is 2. The minimum atomic E-state index is -1.06. The summed E-state index contributed by atoms with van der Waals surface area (Å²) >= 11 is 0. The Morgan fingerprint density at radius 3 is 2.84 bits per heavy atom. The second kappa shape index (κ2) is 8.10. The van der Waals surface area contributed by atoms with Gasteiger partial charge in [-0.2, -0.15) is 0 Å². The third-order valence-corrected chi connectivity index (χ3v) is 2.19. The first-order valence-corrected chi connectivity index (χ1v) is 5.94. The average Bonchev–Trinajstić information content (AvgIpc) is 2.41. The fourth-order valence-corrected chi connectivity index (χ4v) is 1.36. The number of hydrogen-bond acceptors (Lipinski definition) is 4. The monoisotopic (exact) mass is 267 g/mol. The van der Waals surface area contributed by atoms with E-state index in [1.807, 2.05) is 6.92 Å². The van der Waals surface area contributed by atoms with Gasteiger partial charge >= 0.3 is 5.97 Å². The highest BCUT2D eigenvalue weighted by Crippen LogP contribution is 2.13. The summed E-state index contributed by atoms with van der Waals surface area (Å²) < 4.78 is 10.1. The predicted octanol–water partition coefficient (Wildman–Crippen LogP) is 0.916. The van der Waals surface area contributed by atoms with Crippen molar-refractivity contribution in [2.75, 3.05) is 26.4 Å². The second-order valence-electron chi connectivity index (χ2n) is 3.66. The molecular weight excluding hydrogens is 250 g/mol. The summed E-state index contributed by atoms with van der Waals surface area (Å²) in [7, 11) is 0. The third kappa shape index (κ3) is 5.87. The summed E-state index contributed by atoms with van der Waals surface area (Å²) in [5, 5.41) is 11.2. The molecule has 19 heavy (non-hydrogen) atoms. The summed E-state index contributed by atoms with van der Waals surface area (Å²) in [4.78, 5) is 22.1. The van der Waals surface area contributed by atoms with Gasteiger partial charge in [-0.3, -0.25) is 4.79 Å². The molecule has 6 heteroatoms. The van der Waals surface area contributed by atoms with Crippen molar-refractivity contribution in [3.8, 4) is 5.75 Å². The first kappa shape index (κ1) is 15.0. The zero-order chi connectivity index (χ0) is 14.1. The van der Waals surface area contributed by atoms with E-state index in [4.69, 9.17) is 14.6 Å². The van der Waals surface area contributed by atoms with E-state index in [1.54, 1.807) is 18.2 Å². The van der Waals surface area contributed by atoms with Gasteiger partial charge in [0.05, 0.1) is 6.61 Å². The number of rotatable bonds is 8. The first-order chi connectivity index (χ1) is 9.13. The first-order valence-electron chi connectivity index (χ1n) is 5.94. The highest BCUT2D eigenvalue weighted by Gasteiger charge is 2.07. The Morgan fingerprint density at radius 1 is 1.37 bits per heavy atom. The molecule has 0 heterocycles. The molecule has 0 atom stereocenters. The van der Waals surface area contributed by atoms with E-state index in [0.29, 0.717) is 31.1 Å². The molecule has 1 aromatic rings. The molecule has 1 amide bonds. The Bertz CT molecular complexity index is 433. The summed E-state index contributed by atoms with van der Waals surface area (Å²) in [6, 6.07) is 6.36. The Labute approximate surface area is 111 Å². The molecular formula is C13H17NO5. The fraction of sp³-hybridized carbons (Fsp3) is 0.385. The minimum Gasteiger partial charge on any atom is -0.482 e. The fourth-order valence-electron chi connectivity index (χ4n) is 1.36. The molecule has 104 valence electrons. The van der Waals surface area contributed by atoms with E-state index in [9.17, 15) is 9.59 Å². The number of carbonyl (C=O) groups excluding carboxylic acids is 1. The van der Waals surface area contributed by atoms with Crippen LogP contribution >= 0.6 is 0 Å². The second-order valence-corrected chi connectivity index (χ2v) is 3.66. The van der Waals surface area contributed by atoms with Crippen molar-refractivity contribution in [1.82, 2.24) is 5.32 Å². The van der Waals surface area contributed by atoms with Crippen LogP contribution in [0, 0.1) is 0 Å². The number of carboxylic acid groups (broad SMARTS) is 1. The SMILES string of the molecule is CCOCCNC(=O)c1cccc(OCC(=O)O)c1. The molecule has 6 nitrogen and oxygen atoms in total. The molecule has 0 aliphatic rings. The molecule has 1 aromatic carbocycles. The van der Waals surface area contributed by atoms with Crippen LogP contribution in [-0.4, -0.2) is 43.3 Å². The van der Waals surface area contributed by atoms with Crippen LogP contribution in [0.4, 0.5) is 0 Å². The third-order valence-electron chi connectivity index (χ3n) is 2.19. The van der Waals surface area contributed by atoms with Crippen molar-refractivity contribution in [2.24, 2.45) is 0 Å². The quantitative estimate of drug-likeness (QED) is 0.684. The average molecular weight is 267 g/mol. The van der Waals surface area contributed by atoms with E-state index in [2.05, 4.69) is 5.32 Å². The lowest BCUT2D eigenvalue weighted by Gasteiger charge is -2.07. The van der Waals surface area contributed by atoms with Gasteiger partial charge in [-0.05, 0) is 25.1 Å². The normalized spacial score (nSPS) is 9.95. The maximum atomic E-state index is 11.8. The van der Waals surface area contributed by atoms with Crippen molar-refractivity contribution >= 4 is 11.9 Å². The van der Waals surface area contributed by atoms with Crippen LogP contribution in [0.1, 0.15) is 17.3 Å². The Balaban J connectivity index is 2.50. The molecule has 0 fully saturated rings. The van der Waals surface area contributed by atoms with Crippen LogP contribution in [-0.2, 0) is 9.53 Å². The maximum absolute atomic E-state index is 11.8. The van der Waals surface area contributed by atoms with Gasteiger partial charge in [-0.25, -0.2) is 4.79 Å². The molecule has 0 bridgehead atoms. The van der Waals surface area contributed by atoms with Crippen molar-refractivity contribution in [1.29, 1.82) is 0 Å². The number of amides is 1. The van der Waals surface area contributed by atoms with Crippen LogP contribution in [0.3, 0.4) is 0 Å². The zero-order valence-electron chi connectivity index (χ0n) is 10.7. The largest absolute Gasteiger partial charge is 0.482 e. The van der Waals surface area contributed by atoms with Crippen molar-refractivity contribution < 1.29 is 24.2 Å². The van der Waals surface area contributed by atoms with E-state index in [0.717, 1.165) is 0 Å². The number of benzene rings is 1. The molecule has 0 unspecified atom stereocenters. The van der Waals surface area contributed by atoms with Gasteiger partial charge in [-0.1, -0.05) is 6.07 Å². The molecule has 0 saturated heterocycles. The van der Waals surface area contributed by atoms with Crippen LogP contribution in [0.2, 0.25) is 0 Å². The standard InChI is InChI=1S/C13H17NO5/c1-2-18-7-6-14-13(17)10-4-3-5-11(8-10)19-9-12(15)16/h3-5,8H,2,6-7,9H2,1H3,(H,14,17)(H,15,16). The number of aliphatic carboxylic acids is 1. The van der Waals surface area contributed by atoms with Crippen LogP contribution in [0.5, 0.6) is 5.75 Å². The molecule has 0 saturated carbocycles. The smallest absolute Gasteiger partial charge is 0.341 e. The highest BCUT2D eigenvalue weighted by atomic mass is 16.5. The summed E-state index contributed by atoms with van der Waals surface area (Å²) in [6.45, 7) is 2.93. The van der Waals surface area contributed by atoms with Gasteiger partial charge in [0, 0.05) is 18.7 Å². The molecule has 1 rings (SSSR count). The van der Waals surface area contributed by atoms with Gasteiger partial charge in [0.1, 0.15) is 5.75 Å². The van der Waals surface area contributed by atoms with Gasteiger partial charge in [0.25, 0.3) is 5.91 Å². The number of carbonyl (C=O) groups is 2. The number of hydrogen-bond donors (Lipinski definition) is 2. The van der Waals surface area contributed by atoms with E-state index in [-0.39, 0.29) is 5.91 Å². The molecule has 0 spiro atoms. The van der Waals surface area contributed by atoms with Crippen molar-refractivity contribution in [3.05, 3.63) is 29.8 Å². The predicted molar refractivity (Wildman–Crippen MR) is 68.4 cm³/mol. The van der Waals surface area contributed by atoms with E-state index >= 15 is 0 Å². The van der Waals surface area contributed by atoms with E-state index < -0.39 is 12.6 Å². The minimum absolute atomic E-state index is 0.250. The molecule has 0 aliphatic heterocycles. The van der Waals surface area contributed by atoms with Crippen molar-refractivity contribution in [2.45, 2.75) is 6.92 Å². The topological polar surface area (TPSA) is 84.9 Å². The Kier molecular flexibility index (Phi) is 6.38. The van der Waals surface area contributed by atoms with Crippen LogP contribution in [0.25, 0.3) is 0 Å². The number of carboxylic acids is 1. The Hall–Kier alpha value is -2.08. The highest BCUT2D eigenvalue weighted by molar-refractivity contribution is 5.94. The molecule has 0 radical (unpaired) electrons. The van der Waals surface area contributed by atoms with Gasteiger partial charge in [0.15, 0.2) is 6.61 Å². The van der Waals surface area contributed by atoms with Gasteiger partial charge in [-0.15, -0.1) is 0 Å². The lowest BCUT2D eigenvalue weighted by molar-refractivity contribution is -0.139. The maximum Gasteiger partial charge on any atom is 0.341 e. The molecule has 2 N–H and O–H groups in total. The van der Waals surface area contributed by atoms with Gasteiger partial charge in [0.2, 0.25) is 0 Å². The number of nitrogens with one attached hydrogen (secondary N) is 1. The van der Waals surface area contributed by atoms with Crippen LogP contribution < -0.4 is 10.1 Å². The van der Waals surface area contributed by atoms with Gasteiger partial charge < -0.3 is 19.9 Å². The summed E-state index contributed by atoms with van der Waals surface area (Å²) in [6.07, 6.45) is 0. The lowest BCUT2D eigenvalue weighted by atomic mass is 10.2. The molecule has 0 aliphatic carbocycles. The van der Waals surface area contributed by atoms with Crippen molar-refractivity contribution in [3.63, 3.8) is 0 Å². The van der Waals surface area contributed by atoms with Crippen LogP contribution in [0.15, 0.2) is 24.3 Å².